The van der Waals surface area contributed by atoms with Gasteiger partial charge in [-0.2, -0.15) is 0 Å². The number of thiazole rings is 1. The number of allylic oxidation sites excluding steroid dienone is 1. The summed E-state index contributed by atoms with van der Waals surface area (Å²) < 4.78 is 18.3. The molecule has 1 aliphatic carbocycles. The van der Waals surface area contributed by atoms with E-state index in [-0.39, 0.29) is 17.2 Å². The summed E-state index contributed by atoms with van der Waals surface area (Å²) in [6.07, 6.45) is 3.12. The van der Waals surface area contributed by atoms with Crippen molar-refractivity contribution in [3.63, 3.8) is 0 Å². The van der Waals surface area contributed by atoms with Crippen LogP contribution in [-0.4, -0.2) is 23.7 Å². The van der Waals surface area contributed by atoms with Gasteiger partial charge in [-0.05, 0) is 47.7 Å². The van der Waals surface area contributed by atoms with E-state index in [0.29, 0.717) is 20.8 Å². The lowest BCUT2D eigenvalue weighted by Crippen LogP contribution is -2.38. The Morgan fingerprint density at radius 3 is 2.68 bits per heavy atom. The number of methoxy groups -OCH3 is 2. The van der Waals surface area contributed by atoms with Gasteiger partial charge in [0.25, 0.3) is 5.56 Å². The van der Waals surface area contributed by atoms with Gasteiger partial charge in [0.05, 0.1) is 36.6 Å². The second-order valence-electron chi connectivity index (χ2n) is 8.66. The van der Waals surface area contributed by atoms with Crippen LogP contribution < -0.4 is 24.4 Å². The minimum Gasteiger partial charge on any atom is -0.493 e. The molecular weight excluding hydrogens is 494 g/mol. The number of furan rings is 1. The molecule has 186 valence electrons. The predicted octanol–water partition coefficient (Wildman–Crippen LogP) is 3.84. The highest BCUT2D eigenvalue weighted by Gasteiger charge is 2.33. The lowest BCUT2D eigenvalue weighted by Gasteiger charge is -2.31. The number of hydrogen-bond donors (Lipinski definition) is 0. The van der Waals surface area contributed by atoms with Crippen molar-refractivity contribution in [2.75, 3.05) is 14.2 Å². The zero-order chi connectivity index (χ0) is 25.7. The average Bonchev–Trinajstić information content (AvgIpc) is 3.51. The molecule has 6 rings (SSSR count). The highest BCUT2D eigenvalue weighted by molar-refractivity contribution is 7.07. The van der Waals surface area contributed by atoms with Gasteiger partial charge in [-0.25, -0.2) is 4.99 Å². The molecule has 0 saturated carbocycles. The maximum Gasteiger partial charge on any atom is 0.433 e. The number of benzene rings is 2. The number of nitro groups is 1. The van der Waals surface area contributed by atoms with Gasteiger partial charge >= 0.3 is 5.88 Å². The second-order valence-corrected chi connectivity index (χ2v) is 9.67. The summed E-state index contributed by atoms with van der Waals surface area (Å²) >= 11 is 1.23. The summed E-state index contributed by atoms with van der Waals surface area (Å²) in [6.45, 7) is 0. The second kappa shape index (κ2) is 8.90. The summed E-state index contributed by atoms with van der Waals surface area (Å²) in [4.78, 5) is 29.7. The molecule has 0 N–H and O–H groups in total. The molecule has 0 amide bonds. The Bertz CT molecular complexity index is 1780. The first kappa shape index (κ1) is 23.0. The molecule has 3 heterocycles. The van der Waals surface area contributed by atoms with E-state index in [1.165, 1.54) is 35.1 Å². The van der Waals surface area contributed by atoms with Gasteiger partial charge < -0.3 is 13.9 Å². The highest BCUT2D eigenvalue weighted by atomic mass is 32.1. The van der Waals surface area contributed by atoms with Crippen molar-refractivity contribution in [1.82, 2.24) is 4.57 Å². The van der Waals surface area contributed by atoms with Crippen LogP contribution in [0.3, 0.4) is 0 Å². The summed E-state index contributed by atoms with van der Waals surface area (Å²) in [6, 6.07) is 16.2. The molecule has 2 aromatic carbocycles. The zero-order valence-electron chi connectivity index (χ0n) is 20.0. The van der Waals surface area contributed by atoms with Crippen molar-refractivity contribution >= 4 is 29.0 Å². The van der Waals surface area contributed by atoms with E-state index >= 15 is 0 Å². The van der Waals surface area contributed by atoms with Crippen molar-refractivity contribution in [1.29, 1.82) is 0 Å². The topological polar surface area (TPSA) is 109 Å². The third kappa shape index (κ3) is 3.77. The lowest BCUT2D eigenvalue weighted by molar-refractivity contribution is -0.402. The number of hydrogen-bond acceptors (Lipinski definition) is 8. The molecule has 37 heavy (non-hydrogen) atoms. The Morgan fingerprint density at radius 1 is 1.11 bits per heavy atom. The standard InChI is InChI=1S/C27H21N3O6S/c1-34-20-11-8-16(13-21(20)35-2)25-19-10-7-15-5-3-4-6-18(15)24(19)28-27-29(25)26(31)22(37-27)14-17-9-12-23(36-17)30(32)33/h3-6,8-9,11-14,25H,7,10H2,1-2H3. The molecule has 1 aliphatic heterocycles. The molecule has 4 aromatic rings. The van der Waals surface area contributed by atoms with Gasteiger partial charge in [-0.1, -0.05) is 41.7 Å². The number of aromatic nitrogens is 1. The molecule has 1 unspecified atom stereocenters. The van der Waals surface area contributed by atoms with Crippen LogP contribution in [0, 0.1) is 10.1 Å². The zero-order valence-corrected chi connectivity index (χ0v) is 20.8. The van der Waals surface area contributed by atoms with Crippen LogP contribution in [0.15, 0.2) is 74.4 Å². The normalized spacial score (nSPS) is 16.5. The maximum absolute atomic E-state index is 13.8. The first-order chi connectivity index (χ1) is 18.0. The van der Waals surface area contributed by atoms with Gasteiger partial charge in [0.2, 0.25) is 0 Å². The van der Waals surface area contributed by atoms with E-state index in [1.807, 2.05) is 30.3 Å². The van der Waals surface area contributed by atoms with Crippen molar-refractivity contribution in [3.8, 4) is 11.5 Å². The number of nitrogens with zero attached hydrogens (tertiary/aromatic N) is 3. The van der Waals surface area contributed by atoms with Crippen molar-refractivity contribution in [2.24, 2.45) is 4.99 Å². The number of aryl methyl sites for hydroxylation is 1. The van der Waals surface area contributed by atoms with Crippen molar-refractivity contribution in [3.05, 3.63) is 112 Å². The van der Waals surface area contributed by atoms with Crippen LogP contribution in [-0.2, 0) is 6.42 Å². The van der Waals surface area contributed by atoms with Gasteiger partial charge in [-0.15, -0.1) is 0 Å². The third-order valence-corrected chi connectivity index (χ3v) is 7.65. The molecule has 0 bridgehead atoms. The molecule has 2 aliphatic rings. The van der Waals surface area contributed by atoms with E-state index in [4.69, 9.17) is 18.9 Å². The molecule has 9 nitrogen and oxygen atoms in total. The molecule has 10 heteroatoms. The first-order valence-corrected chi connectivity index (χ1v) is 12.4. The summed E-state index contributed by atoms with van der Waals surface area (Å²) in [7, 11) is 3.16. The van der Waals surface area contributed by atoms with Crippen molar-refractivity contribution < 1.29 is 18.8 Å². The molecule has 0 fully saturated rings. The van der Waals surface area contributed by atoms with Gasteiger partial charge in [0.1, 0.15) is 10.7 Å². The fourth-order valence-corrected chi connectivity index (χ4v) is 5.97. The van der Waals surface area contributed by atoms with E-state index in [0.717, 1.165) is 35.2 Å². The molecule has 1 atom stereocenters. The van der Waals surface area contributed by atoms with Crippen LogP contribution >= 0.6 is 11.3 Å². The Kier molecular flexibility index (Phi) is 5.53. The highest BCUT2D eigenvalue weighted by Crippen LogP contribution is 2.42. The first-order valence-electron chi connectivity index (χ1n) is 11.6. The minimum absolute atomic E-state index is 0.230. The Balaban J connectivity index is 1.60. The van der Waals surface area contributed by atoms with E-state index in [9.17, 15) is 14.9 Å². The smallest absolute Gasteiger partial charge is 0.433 e. The van der Waals surface area contributed by atoms with Gasteiger partial charge in [0, 0.05) is 11.6 Å². The molecule has 0 saturated heterocycles. The fourth-order valence-electron chi connectivity index (χ4n) is 4.99. The lowest BCUT2D eigenvalue weighted by atomic mass is 9.83. The Labute approximate surface area is 214 Å². The van der Waals surface area contributed by atoms with Gasteiger partial charge in [-0.3, -0.25) is 19.5 Å². The molecule has 0 radical (unpaired) electrons. The largest absolute Gasteiger partial charge is 0.493 e. The Hall–Kier alpha value is -4.44. The van der Waals surface area contributed by atoms with Crippen molar-refractivity contribution in [2.45, 2.75) is 18.9 Å². The molecule has 0 spiro atoms. The molecule has 2 aromatic heterocycles. The molecular formula is C27H21N3O6S. The SMILES string of the molecule is COc1ccc(C2C3=C(N=c4sc(=Cc5ccc([N+](=O)[O-])o5)c(=O)n42)c2ccccc2CC3)cc1OC. The maximum atomic E-state index is 13.8. The monoisotopic (exact) mass is 515 g/mol. The van der Waals surface area contributed by atoms with E-state index < -0.39 is 11.0 Å². The summed E-state index contributed by atoms with van der Waals surface area (Å²) in [5.74, 6) is 1.02. The quantitative estimate of drug-likeness (QED) is 0.295. The summed E-state index contributed by atoms with van der Waals surface area (Å²) in [5, 5.41) is 11.0. The van der Waals surface area contributed by atoms with Crippen LogP contribution in [0.25, 0.3) is 11.8 Å². The minimum atomic E-state index is -0.610. The van der Waals surface area contributed by atoms with Crippen LogP contribution in [0.5, 0.6) is 11.5 Å². The van der Waals surface area contributed by atoms with Crippen LogP contribution in [0.2, 0.25) is 0 Å². The third-order valence-electron chi connectivity index (χ3n) is 6.66. The van der Waals surface area contributed by atoms with E-state index in [2.05, 4.69) is 12.1 Å². The number of fused-ring (bicyclic) bond motifs is 3. The Morgan fingerprint density at radius 2 is 1.92 bits per heavy atom. The number of rotatable bonds is 5. The van der Waals surface area contributed by atoms with Gasteiger partial charge in [0.15, 0.2) is 16.3 Å². The predicted molar refractivity (Wildman–Crippen MR) is 138 cm³/mol. The number of ether oxygens (including phenoxy) is 2. The summed E-state index contributed by atoms with van der Waals surface area (Å²) in [5.41, 5.74) is 4.85. The fraction of sp³-hybridized carbons (Fsp3) is 0.185. The average molecular weight is 516 g/mol. The van der Waals surface area contributed by atoms with Crippen LogP contribution in [0.4, 0.5) is 5.88 Å². The van der Waals surface area contributed by atoms with E-state index in [1.54, 1.807) is 18.8 Å². The van der Waals surface area contributed by atoms with Crippen LogP contribution in [0.1, 0.15) is 34.9 Å².